The number of ketones is 1. The molecule has 0 N–H and O–H groups in total. The zero-order valence-electron chi connectivity index (χ0n) is 13.1. The summed E-state index contributed by atoms with van der Waals surface area (Å²) < 4.78 is 5.78. The highest BCUT2D eigenvalue weighted by Gasteiger charge is 2.08. The Morgan fingerprint density at radius 2 is 1.86 bits per heavy atom. The largest absolute Gasteiger partial charge is 0.494 e. The first-order valence-electron chi connectivity index (χ1n) is 8.17. The summed E-state index contributed by atoms with van der Waals surface area (Å²) in [4.78, 5) is 13.5. The zero-order valence-corrected chi connectivity index (χ0v) is 13.1. The van der Waals surface area contributed by atoms with Gasteiger partial charge in [-0.05, 0) is 63.4 Å². The Labute approximate surface area is 128 Å². The SMILES string of the molecule is CC(=O)CCc1ccc(OCCCN2CCCCC2)cc1. The number of likely N-dealkylation sites (tertiary alicyclic amines) is 1. The van der Waals surface area contributed by atoms with E-state index in [-0.39, 0.29) is 5.78 Å². The maximum absolute atomic E-state index is 11.0. The number of benzene rings is 1. The molecule has 0 amide bonds. The van der Waals surface area contributed by atoms with Crippen molar-refractivity contribution in [3.63, 3.8) is 0 Å². The van der Waals surface area contributed by atoms with Gasteiger partial charge in [-0.1, -0.05) is 18.6 Å². The van der Waals surface area contributed by atoms with Crippen LogP contribution in [0.4, 0.5) is 0 Å². The Morgan fingerprint density at radius 3 is 2.52 bits per heavy atom. The highest BCUT2D eigenvalue weighted by Crippen LogP contribution is 2.14. The molecular formula is C18H27NO2. The fraction of sp³-hybridized carbons (Fsp3) is 0.611. The molecule has 3 nitrogen and oxygen atoms in total. The van der Waals surface area contributed by atoms with Gasteiger partial charge in [0.1, 0.15) is 11.5 Å². The molecule has 2 rings (SSSR count). The Bertz CT molecular complexity index is 421. The van der Waals surface area contributed by atoms with Gasteiger partial charge in [0.15, 0.2) is 0 Å². The third-order valence-corrected chi connectivity index (χ3v) is 4.03. The number of aryl methyl sites for hydroxylation is 1. The lowest BCUT2D eigenvalue weighted by atomic mass is 10.1. The van der Waals surface area contributed by atoms with E-state index in [0.717, 1.165) is 31.7 Å². The van der Waals surface area contributed by atoms with E-state index in [1.807, 2.05) is 12.1 Å². The van der Waals surface area contributed by atoms with Crippen LogP contribution < -0.4 is 4.74 Å². The Morgan fingerprint density at radius 1 is 1.14 bits per heavy atom. The van der Waals surface area contributed by atoms with Crippen LogP contribution in [-0.2, 0) is 11.2 Å². The van der Waals surface area contributed by atoms with Crippen LogP contribution in [0.25, 0.3) is 0 Å². The van der Waals surface area contributed by atoms with Crippen molar-refractivity contribution in [1.82, 2.24) is 4.90 Å². The summed E-state index contributed by atoms with van der Waals surface area (Å²) in [5.74, 6) is 1.17. The van der Waals surface area contributed by atoms with Crippen molar-refractivity contribution >= 4 is 5.78 Å². The highest BCUT2D eigenvalue weighted by molar-refractivity contribution is 5.75. The molecular weight excluding hydrogens is 262 g/mol. The number of hydrogen-bond acceptors (Lipinski definition) is 3. The van der Waals surface area contributed by atoms with Crippen molar-refractivity contribution in [2.45, 2.75) is 45.4 Å². The standard InChI is InChI=1S/C18H27NO2/c1-16(20)6-7-17-8-10-18(11-9-17)21-15-5-14-19-12-3-2-4-13-19/h8-11H,2-7,12-15H2,1H3. The van der Waals surface area contributed by atoms with Crippen molar-refractivity contribution < 1.29 is 9.53 Å². The van der Waals surface area contributed by atoms with Gasteiger partial charge in [0.25, 0.3) is 0 Å². The highest BCUT2D eigenvalue weighted by atomic mass is 16.5. The molecule has 21 heavy (non-hydrogen) atoms. The predicted molar refractivity (Wildman–Crippen MR) is 85.8 cm³/mol. The second-order valence-corrected chi connectivity index (χ2v) is 5.95. The van der Waals surface area contributed by atoms with Crippen LogP contribution in [0.3, 0.4) is 0 Å². The molecule has 3 heteroatoms. The van der Waals surface area contributed by atoms with Gasteiger partial charge >= 0.3 is 0 Å². The van der Waals surface area contributed by atoms with E-state index in [1.54, 1.807) is 6.92 Å². The number of piperidine rings is 1. The molecule has 1 saturated heterocycles. The van der Waals surface area contributed by atoms with E-state index in [0.29, 0.717) is 6.42 Å². The summed E-state index contributed by atoms with van der Waals surface area (Å²) >= 11 is 0. The van der Waals surface area contributed by atoms with Crippen molar-refractivity contribution in [3.05, 3.63) is 29.8 Å². The molecule has 0 aromatic heterocycles. The lowest BCUT2D eigenvalue weighted by Gasteiger charge is -2.26. The molecule has 0 spiro atoms. The third kappa shape index (κ3) is 6.30. The normalized spacial score (nSPS) is 15.9. The minimum absolute atomic E-state index is 0.244. The topological polar surface area (TPSA) is 29.5 Å². The second-order valence-electron chi connectivity index (χ2n) is 5.95. The summed E-state index contributed by atoms with van der Waals surface area (Å²) in [6.45, 7) is 6.08. The maximum atomic E-state index is 11.0. The third-order valence-electron chi connectivity index (χ3n) is 4.03. The minimum Gasteiger partial charge on any atom is -0.494 e. The molecule has 1 aromatic rings. The van der Waals surface area contributed by atoms with Crippen LogP contribution in [0.5, 0.6) is 5.75 Å². The molecule has 0 saturated carbocycles. The van der Waals surface area contributed by atoms with Gasteiger partial charge in [-0.2, -0.15) is 0 Å². The number of ether oxygens (including phenoxy) is 1. The summed E-state index contributed by atoms with van der Waals surface area (Å²) in [6.07, 6.45) is 6.63. The van der Waals surface area contributed by atoms with Gasteiger partial charge in [-0.15, -0.1) is 0 Å². The molecule has 0 aliphatic carbocycles. The number of carbonyl (C=O) groups is 1. The quantitative estimate of drug-likeness (QED) is 0.686. The van der Waals surface area contributed by atoms with Crippen LogP contribution in [0.2, 0.25) is 0 Å². The Kier molecular flexibility index (Phi) is 6.74. The minimum atomic E-state index is 0.244. The molecule has 0 radical (unpaired) electrons. The van der Waals surface area contributed by atoms with Gasteiger partial charge in [-0.3, -0.25) is 0 Å². The molecule has 0 atom stereocenters. The zero-order chi connectivity index (χ0) is 14.9. The smallest absolute Gasteiger partial charge is 0.130 e. The Balaban J connectivity index is 1.62. The first-order chi connectivity index (χ1) is 10.2. The molecule has 1 aliphatic heterocycles. The molecule has 116 valence electrons. The number of Topliss-reactive ketones (excluding diaryl/α,β-unsaturated/α-hetero) is 1. The fourth-order valence-electron chi connectivity index (χ4n) is 2.73. The van der Waals surface area contributed by atoms with Crippen LogP contribution in [0, 0.1) is 0 Å². The van der Waals surface area contributed by atoms with E-state index in [9.17, 15) is 4.79 Å². The van der Waals surface area contributed by atoms with Crippen molar-refractivity contribution in [2.24, 2.45) is 0 Å². The molecule has 0 unspecified atom stereocenters. The summed E-state index contributed by atoms with van der Waals surface area (Å²) in [7, 11) is 0. The Hall–Kier alpha value is -1.35. The van der Waals surface area contributed by atoms with Crippen LogP contribution >= 0.6 is 0 Å². The fourth-order valence-corrected chi connectivity index (χ4v) is 2.73. The van der Waals surface area contributed by atoms with E-state index in [2.05, 4.69) is 17.0 Å². The lowest BCUT2D eigenvalue weighted by molar-refractivity contribution is -0.116. The number of rotatable bonds is 8. The van der Waals surface area contributed by atoms with E-state index < -0.39 is 0 Å². The van der Waals surface area contributed by atoms with Crippen molar-refractivity contribution in [1.29, 1.82) is 0 Å². The van der Waals surface area contributed by atoms with Gasteiger partial charge < -0.3 is 14.4 Å². The molecule has 1 aliphatic rings. The molecule has 1 fully saturated rings. The summed E-state index contributed by atoms with van der Waals surface area (Å²) in [5, 5.41) is 0. The van der Waals surface area contributed by atoms with Gasteiger partial charge in [0.05, 0.1) is 6.61 Å². The van der Waals surface area contributed by atoms with Crippen LogP contribution in [0.15, 0.2) is 24.3 Å². The maximum Gasteiger partial charge on any atom is 0.130 e. The predicted octanol–water partition coefficient (Wildman–Crippen LogP) is 3.46. The monoisotopic (exact) mass is 289 g/mol. The van der Waals surface area contributed by atoms with Gasteiger partial charge in [0.2, 0.25) is 0 Å². The molecule has 0 bridgehead atoms. The molecule has 1 aromatic carbocycles. The van der Waals surface area contributed by atoms with Crippen molar-refractivity contribution in [3.8, 4) is 5.75 Å². The summed E-state index contributed by atoms with van der Waals surface area (Å²) in [5.41, 5.74) is 1.20. The first-order valence-corrected chi connectivity index (χ1v) is 8.17. The van der Waals surface area contributed by atoms with E-state index in [4.69, 9.17) is 4.74 Å². The number of carbonyl (C=O) groups excluding carboxylic acids is 1. The second kappa shape index (κ2) is 8.83. The van der Waals surface area contributed by atoms with Gasteiger partial charge in [0, 0.05) is 13.0 Å². The van der Waals surface area contributed by atoms with Crippen molar-refractivity contribution in [2.75, 3.05) is 26.2 Å². The molecule has 1 heterocycles. The summed E-state index contributed by atoms with van der Waals surface area (Å²) in [6, 6.07) is 8.14. The number of nitrogens with zero attached hydrogens (tertiary/aromatic N) is 1. The van der Waals surface area contributed by atoms with Crippen LogP contribution in [0.1, 0.15) is 44.6 Å². The average molecular weight is 289 g/mol. The lowest BCUT2D eigenvalue weighted by Crippen LogP contribution is -2.31. The van der Waals surface area contributed by atoms with E-state index in [1.165, 1.54) is 37.9 Å². The van der Waals surface area contributed by atoms with E-state index >= 15 is 0 Å². The average Bonchev–Trinajstić information content (AvgIpc) is 2.52. The number of hydrogen-bond donors (Lipinski definition) is 0. The van der Waals surface area contributed by atoms with Gasteiger partial charge in [-0.25, -0.2) is 0 Å². The first kappa shape index (κ1) is 16.0. The van der Waals surface area contributed by atoms with Crippen LogP contribution in [-0.4, -0.2) is 36.9 Å².